The molecule has 0 aliphatic heterocycles. The van der Waals surface area contributed by atoms with E-state index in [1.807, 2.05) is 5.38 Å². The fourth-order valence-electron chi connectivity index (χ4n) is 2.06. The molecule has 0 amide bonds. The van der Waals surface area contributed by atoms with Crippen LogP contribution < -0.4 is 11.1 Å². The fraction of sp³-hybridized carbons (Fsp3) is 0.385. The van der Waals surface area contributed by atoms with Crippen LogP contribution >= 0.6 is 23.6 Å². The molecule has 2 aromatic heterocycles. The number of hydrogen-bond acceptors (Lipinski definition) is 6. The van der Waals surface area contributed by atoms with Crippen LogP contribution in [0.4, 0.5) is 5.82 Å². The van der Waals surface area contributed by atoms with Crippen LogP contribution in [0.25, 0.3) is 0 Å². The second kappa shape index (κ2) is 6.71. The molecule has 20 heavy (non-hydrogen) atoms. The number of nitrogens with zero attached hydrogens (tertiary/aromatic N) is 3. The van der Waals surface area contributed by atoms with Crippen molar-refractivity contribution in [1.29, 1.82) is 0 Å². The van der Waals surface area contributed by atoms with Gasteiger partial charge in [-0.2, -0.15) is 5.10 Å². The number of nitrogens with two attached hydrogens (primary N) is 1. The Morgan fingerprint density at radius 1 is 1.35 bits per heavy atom. The summed E-state index contributed by atoms with van der Waals surface area (Å²) in [5.74, 6) is 0.638. The first kappa shape index (κ1) is 14.8. The van der Waals surface area contributed by atoms with Gasteiger partial charge in [-0.1, -0.05) is 26.1 Å². The van der Waals surface area contributed by atoms with Gasteiger partial charge in [0.05, 0.1) is 29.0 Å². The predicted molar refractivity (Wildman–Crippen MR) is 86.1 cm³/mol. The van der Waals surface area contributed by atoms with E-state index in [1.54, 1.807) is 16.8 Å². The van der Waals surface area contributed by atoms with E-state index in [9.17, 15) is 0 Å². The SMILES string of the molecule is CCc1nnc(NCc2cscn2)c(C(N)=S)c1CC. The van der Waals surface area contributed by atoms with Crippen molar-refractivity contribution in [3.05, 3.63) is 33.4 Å². The highest BCUT2D eigenvalue weighted by Gasteiger charge is 2.16. The van der Waals surface area contributed by atoms with Crippen molar-refractivity contribution in [3.8, 4) is 0 Å². The number of hydrogen-bond donors (Lipinski definition) is 2. The Hall–Kier alpha value is -1.60. The lowest BCUT2D eigenvalue weighted by Crippen LogP contribution is -2.19. The van der Waals surface area contributed by atoms with E-state index in [0.29, 0.717) is 17.4 Å². The zero-order chi connectivity index (χ0) is 14.5. The Kier molecular flexibility index (Phi) is 4.97. The monoisotopic (exact) mass is 307 g/mol. The summed E-state index contributed by atoms with van der Waals surface area (Å²) in [5, 5.41) is 13.7. The van der Waals surface area contributed by atoms with Crippen molar-refractivity contribution in [2.45, 2.75) is 33.2 Å². The summed E-state index contributed by atoms with van der Waals surface area (Å²) in [4.78, 5) is 4.58. The maximum absolute atomic E-state index is 5.87. The van der Waals surface area contributed by atoms with E-state index < -0.39 is 0 Å². The van der Waals surface area contributed by atoms with E-state index in [4.69, 9.17) is 18.0 Å². The molecule has 0 bridgehead atoms. The third-order valence-electron chi connectivity index (χ3n) is 3.01. The Morgan fingerprint density at radius 2 is 2.15 bits per heavy atom. The van der Waals surface area contributed by atoms with Crippen LogP contribution in [0.15, 0.2) is 10.9 Å². The number of thiazole rings is 1. The minimum absolute atomic E-state index is 0.354. The Bertz CT molecular complexity index is 595. The van der Waals surface area contributed by atoms with E-state index in [1.165, 1.54) is 0 Å². The highest BCUT2D eigenvalue weighted by molar-refractivity contribution is 7.80. The molecule has 0 aliphatic rings. The molecule has 0 aromatic carbocycles. The lowest BCUT2D eigenvalue weighted by atomic mass is 10.0. The minimum atomic E-state index is 0.354. The van der Waals surface area contributed by atoms with Crippen molar-refractivity contribution in [1.82, 2.24) is 15.2 Å². The molecular weight excluding hydrogens is 290 g/mol. The number of rotatable bonds is 6. The van der Waals surface area contributed by atoms with Crippen molar-refractivity contribution in [3.63, 3.8) is 0 Å². The lowest BCUT2D eigenvalue weighted by molar-refractivity contribution is 0.869. The summed E-state index contributed by atoms with van der Waals surface area (Å²) in [6.45, 7) is 4.71. The maximum Gasteiger partial charge on any atom is 0.159 e. The summed E-state index contributed by atoms with van der Waals surface area (Å²) in [6.07, 6.45) is 1.65. The third-order valence-corrected chi connectivity index (χ3v) is 3.85. The van der Waals surface area contributed by atoms with Gasteiger partial charge in [-0.25, -0.2) is 4.98 Å². The molecule has 0 saturated carbocycles. The second-order valence-corrected chi connectivity index (χ2v) is 5.41. The van der Waals surface area contributed by atoms with E-state index in [-0.39, 0.29) is 0 Å². The third kappa shape index (κ3) is 3.10. The lowest BCUT2D eigenvalue weighted by Gasteiger charge is -2.15. The molecule has 0 unspecified atom stereocenters. The Balaban J connectivity index is 2.34. The Morgan fingerprint density at radius 3 is 2.70 bits per heavy atom. The molecule has 0 radical (unpaired) electrons. The van der Waals surface area contributed by atoms with Gasteiger partial charge in [0, 0.05) is 5.38 Å². The zero-order valence-corrected chi connectivity index (χ0v) is 13.1. The summed E-state index contributed by atoms with van der Waals surface area (Å²) in [5.41, 5.74) is 11.5. The van der Waals surface area contributed by atoms with Crippen LogP contribution in [0, 0.1) is 0 Å². The number of anilines is 1. The standard InChI is InChI=1S/C13H17N5S2/c1-3-9-10(4-2)17-18-13(11(9)12(14)19)15-5-8-6-20-7-16-8/h6-7H,3-5H2,1-2H3,(H2,14,19)(H,15,18). The molecule has 2 rings (SSSR count). The summed E-state index contributed by atoms with van der Waals surface area (Å²) in [6, 6.07) is 0. The van der Waals surface area contributed by atoms with Gasteiger partial charge < -0.3 is 11.1 Å². The van der Waals surface area contributed by atoms with Crippen LogP contribution in [-0.4, -0.2) is 20.2 Å². The fourth-order valence-corrected chi connectivity index (χ4v) is 2.84. The molecule has 7 heteroatoms. The van der Waals surface area contributed by atoms with Crippen LogP contribution in [0.3, 0.4) is 0 Å². The maximum atomic E-state index is 5.87. The Labute approximate surface area is 127 Å². The molecule has 2 aromatic rings. The van der Waals surface area contributed by atoms with E-state index >= 15 is 0 Å². The van der Waals surface area contributed by atoms with Crippen LogP contribution in [0.2, 0.25) is 0 Å². The molecule has 3 N–H and O–H groups in total. The highest BCUT2D eigenvalue weighted by Crippen LogP contribution is 2.21. The molecule has 2 heterocycles. The van der Waals surface area contributed by atoms with Gasteiger partial charge in [0.15, 0.2) is 5.82 Å². The first-order valence-corrected chi connectivity index (χ1v) is 7.81. The first-order valence-electron chi connectivity index (χ1n) is 6.46. The minimum Gasteiger partial charge on any atom is -0.389 e. The molecule has 0 fully saturated rings. The molecule has 0 aliphatic carbocycles. The van der Waals surface area contributed by atoms with Gasteiger partial charge in [0.1, 0.15) is 4.99 Å². The van der Waals surface area contributed by atoms with Crippen LogP contribution in [0.5, 0.6) is 0 Å². The topological polar surface area (TPSA) is 76.7 Å². The number of thiocarbonyl (C=S) groups is 1. The molecule has 0 atom stereocenters. The molecule has 0 saturated heterocycles. The highest BCUT2D eigenvalue weighted by atomic mass is 32.1. The summed E-state index contributed by atoms with van der Waals surface area (Å²) in [7, 11) is 0. The molecular formula is C13H17N5S2. The number of nitrogens with one attached hydrogen (secondary N) is 1. The number of aryl methyl sites for hydroxylation is 1. The van der Waals surface area contributed by atoms with Gasteiger partial charge in [0.25, 0.3) is 0 Å². The zero-order valence-electron chi connectivity index (χ0n) is 11.5. The first-order chi connectivity index (χ1) is 9.67. The largest absolute Gasteiger partial charge is 0.389 e. The van der Waals surface area contributed by atoms with Crippen molar-refractivity contribution >= 4 is 34.4 Å². The number of aromatic nitrogens is 3. The smallest absolute Gasteiger partial charge is 0.159 e. The van der Waals surface area contributed by atoms with Gasteiger partial charge >= 0.3 is 0 Å². The van der Waals surface area contributed by atoms with Crippen LogP contribution in [-0.2, 0) is 19.4 Å². The summed E-state index contributed by atoms with van der Waals surface area (Å²) >= 11 is 6.74. The second-order valence-electron chi connectivity index (χ2n) is 4.25. The normalized spacial score (nSPS) is 10.5. The molecule has 0 spiro atoms. The van der Waals surface area contributed by atoms with Gasteiger partial charge in [0.2, 0.25) is 0 Å². The average molecular weight is 307 g/mol. The van der Waals surface area contributed by atoms with Gasteiger partial charge in [-0.3, -0.25) is 0 Å². The predicted octanol–water partition coefficient (Wildman–Crippen LogP) is 2.30. The quantitative estimate of drug-likeness (QED) is 0.798. The average Bonchev–Trinajstić information content (AvgIpc) is 2.96. The van der Waals surface area contributed by atoms with Crippen molar-refractivity contribution in [2.75, 3.05) is 5.32 Å². The van der Waals surface area contributed by atoms with Gasteiger partial charge in [-0.05, 0) is 18.4 Å². The van der Waals surface area contributed by atoms with Crippen LogP contribution in [0.1, 0.15) is 36.4 Å². The van der Waals surface area contributed by atoms with Crippen molar-refractivity contribution < 1.29 is 0 Å². The van der Waals surface area contributed by atoms with Gasteiger partial charge in [-0.15, -0.1) is 16.4 Å². The van der Waals surface area contributed by atoms with E-state index in [0.717, 1.165) is 35.4 Å². The van der Waals surface area contributed by atoms with E-state index in [2.05, 4.69) is 34.3 Å². The molecule has 106 valence electrons. The summed E-state index contributed by atoms with van der Waals surface area (Å²) < 4.78 is 0. The van der Waals surface area contributed by atoms with Crippen molar-refractivity contribution in [2.24, 2.45) is 5.73 Å². The molecule has 5 nitrogen and oxygen atoms in total.